The third kappa shape index (κ3) is 5.73. The lowest BCUT2D eigenvalue weighted by Crippen LogP contribution is -2.25. The molecule has 0 fully saturated rings. The van der Waals surface area contributed by atoms with Crippen LogP contribution in [0.5, 0.6) is 0 Å². The molecule has 0 spiro atoms. The Morgan fingerprint density at radius 2 is 1.65 bits per heavy atom. The van der Waals surface area contributed by atoms with Gasteiger partial charge >= 0.3 is 6.18 Å². The van der Waals surface area contributed by atoms with Crippen LogP contribution in [0.3, 0.4) is 0 Å². The molecule has 0 heterocycles. The minimum atomic E-state index is -4.56. The normalized spacial score (nSPS) is 10.1. The van der Waals surface area contributed by atoms with Crippen molar-refractivity contribution in [3.05, 3.63) is 29.8 Å². The molecule has 1 rings (SSSR count). The summed E-state index contributed by atoms with van der Waals surface area (Å²) in [5, 5.41) is 4.27. The molecule has 2 amide bonds. The fourth-order valence-electron chi connectivity index (χ4n) is 1.27. The van der Waals surface area contributed by atoms with E-state index >= 15 is 0 Å². The standard InChI is InChI=1S/C11H11F3N2O2.C2H6/c1-15-9(17)6-10(18)16-8-5-3-2-4-7(8)11(12,13)14;1-2/h2-5H,6H2,1H3,(H,15,17)(H,16,18);1-2H3. The molecule has 1 aromatic carbocycles. The van der Waals surface area contributed by atoms with E-state index in [1.165, 1.54) is 19.2 Å². The fraction of sp³-hybridized carbons (Fsp3) is 0.385. The summed E-state index contributed by atoms with van der Waals surface area (Å²) in [5.41, 5.74) is -1.31. The van der Waals surface area contributed by atoms with E-state index in [4.69, 9.17) is 0 Å². The number of halogens is 3. The molecule has 0 bridgehead atoms. The van der Waals surface area contributed by atoms with Gasteiger partial charge in [-0.3, -0.25) is 9.59 Å². The molecule has 0 aliphatic carbocycles. The van der Waals surface area contributed by atoms with Crippen LogP contribution >= 0.6 is 0 Å². The van der Waals surface area contributed by atoms with Gasteiger partial charge in [-0.15, -0.1) is 0 Å². The summed E-state index contributed by atoms with van der Waals surface area (Å²) in [7, 11) is 1.33. The molecule has 0 radical (unpaired) electrons. The number of carbonyl (C=O) groups is 2. The average Bonchev–Trinajstić information content (AvgIpc) is 2.40. The largest absolute Gasteiger partial charge is 0.418 e. The first-order chi connectivity index (χ1) is 9.34. The van der Waals surface area contributed by atoms with Crippen molar-refractivity contribution in [2.75, 3.05) is 12.4 Å². The number of hydrogen-bond donors (Lipinski definition) is 2. The second-order valence-corrected chi connectivity index (χ2v) is 3.44. The van der Waals surface area contributed by atoms with Gasteiger partial charge in [0.15, 0.2) is 0 Å². The summed E-state index contributed by atoms with van der Waals surface area (Å²) in [5.74, 6) is -1.37. The monoisotopic (exact) mass is 290 g/mol. The molecule has 0 unspecified atom stereocenters. The van der Waals surface area contributed by atoms with Gasteiger partial charge in [-0.1, -0.05) is 26.0 Å². The van der Waals surface area contributed by atoms with Gasteiger partial charge in [-0.25, -0.2) is 0 Å². The van der Waals surface area contributed by atoms with Crippen molar-refractivity contribution in [3.8, 4) is 0 Å². The third-order valence-corrected chi connectivity index (χ3v) is 2.11. The summed E-state index contributed by atoms with van der Waals surface area (Å²) in [6.07, 6.45) is -5.08. The van der Waals surface area contributed by atoms with E-state index in [1.54, 1.807) is 0 Å². The molecule has 4 nitrogen and oxygen atoms in total. The number of para-hydroxylation sites is 1. The highest BCUT2D eigenvalue weighted by Gasteiger charge is 2.33. The highest BCUT2D eigenvalue weighted by molar-refractivity contribution is 6.03. The Morgan fingerprint density at radius 1 is 1.10 bits per heavy atom. The topological polar surface area (TPSA) is 58.2 Å². The van der Waals surface area contributed by atoms with E-state index < -0.39 is 30.0 Å². The Morgan fingerprint density at radius 3 is 2.15 bits per heavy atom. The van der Waals surface area contributed by atoms with Crippen LogP contribution in [0.15, 0.2) is 24.3 Å². The summed E-state index contributed by atoms with van der Waals surface area (Å²) < 4.78 is 37.8. The van der Waals surface area contributed by atoms with Crippen LogP contribution in [0.25, 0.3) is 0 Å². The zero-order valence-electron chi connectivity index (χ0n) is 11.5. The molecule has 0 aromatic heterocycles. The van der Waals surface area contributed by atoms with Crippen LogP contribution in [0, 0.1) is 0 Å². The number of rotatable bonds is 3. The number of benzene rings is 1. The van der Waals surface area contributed by atoms with Crippen molar-refractivity contribution in [1.29, 1.82) is 0 Å². The van der Waals surface area contributed by atoms with E-state index in [1.807, 2.05) is 13.8 Å². The fourth-order valence-corrected chi connectivity index (χ4v) is 1.27. The molecular formula is C13H17F3N2O2. The summed E-state index contributed by atoms with van der Waals surface area (Å²) in [6, 6.07) is 4.57. The van der Waals surface area contributed by atoms with Gasteiger partial charge in [0.25, 0.3) is 0 Å². The maximum Gasteiger partial charge on any atom is 0.418 e. The van der Waals surface area contributed by atoms with Crippen LogP contribution in [-0.2, 0) is 15.8 Å². The number of alkyl halides is 3. The lowest BCUT2D eigenvalue weighted by molar-refractivity contribution is -0.137. The lowest BCUT2D eigenvalue weighted by atomic mass is 10.1. The van der Waals surface area contributed by atoms with Gasteiger partial charge in [-0.2, -0.15) is 13.2 Å². The van der Waals surface area contributed by atoms with Crippen LogP contribution in [-0.4, -0.2) is 18.9 Å². The van der Waals surface area contributed by atoms with Gasteiger partial charge in [-0.05, 0) is 12.1 Å². The first kappa shape index (κ1) is 17.9. The smallest absolute Gasteiger partial charge is 0.359 e. The van der Waals surface area contributed by atoms with E-state index in [0.29, 0.717) is 0 Å². The molecule has 0 aliphatic rings. The van der Waals surface area contributed by atoms with E-state index in [-0.39, 0.29) is 5.69 Å². The number of carbonyl (C=O) groups excluding carboxylic acids is 2. The van der Waals surface area contributed by atoms with Crippen LogP contribution < -0.4 is 10.6 Å². The molecule has 2 N–H and O–H groups in total. The van der Waals surface area contributed by atoms with Gasteiger partial charge in [0, 0.05) is 7.05 Å². The number of amides is 2. The zero-order chi connectivity index (χ0) is 15.8. The van der Waals surface area contributed by atoms with Crippen LogP contribution in [0.2, 0.25) is 0 Å². The molecule has 0 saturated heterocycles. The summed E-state index contributed by atoms with van der Waals surface area (Å²) in [4.78, 5) is 22.2. The van der Waals surface area contributed by atoms with Crippen molar-refractivity contribution < 1.29 is 22.8 Å². The van der Waals surface area contributed by atoms with Gasteiger partial charge < -0.3 is 10.6 Å². The predicted octanol–water partition coefficient (Wildman–Crippen LogP) is 2.81. The van der Waals surface area contributed by atoms with Crippen LogP contribution in [0.1, 0.15) is 25.8 Å². The maximum absolute atomic E-state index is 12.6. The van der Waals surface area contributed by atoms with Crippen molar-refractivity contribution in [2.24, 2.45) is 0 Å². The molecule has 0 atom stereocenters. The van der Waals surface area contributed by atoms with Crippen molar-refractivity contribution in [2.45, 2.75) is 26.4 Å². The van der Waals surface area contributed by atoms with Gasteiger partial charge in [0.1, 0.15) is 6.42 Å². The van der Waals surface area contributed by atoms with Crippen molar-refractivity contribution in [1.82, 2.24) is 5.32 Å². The Labute approximate surface area is 115 Å². The quantitative estimate of drug-likeness (QED) is 0.841. The van der Waals surface area contributed by atoms with Gasteiger partial charge in [0.05, 0.1) is 11.3 Å². The molecule has 7 heteroatoms. The first-order valence-electron chi connectivity index (χ1n) is 6.01. The van der Waals surface area contributed by atoms with Crippen molar-refractivity contribution in [3.63, 3.8) is 0 Å². The van der Waals surface area contributed by atoms with Crippen molar-refractivity contribution >= 4 is 17.5 Å². The third-order valence-electron chi connectivity index (χ3n) is 2.11. The Bertz CT molecular complexity index is 459. The molecular weight excluding hydrogens is 273 g/mol. The highest BCUT2D eigenvalue weighted by Crippen LogP contribution is 2.34. The van der Waals surface area contributed by atoms with E-state index in [2.05, 4.69) is 10.6 Å². The Balaban J connectivity index is 0.00000172. The molecule has 0 aliphatic heterocycles. The van der Waals surface area contributed by atoms with Crippen LogP contribution in [0.4, 0.5) is 18.9 Å². The summed E-state index contributed by atoms with van der Waals surface area (Å²) >= 11 is 0. The molecule has 1 aromatic rings. The van der Waals surface area contributed by atoms with E-state index in [9.17, 15) is 22.8 Å². The SMILES string of the molecule is CC.CNC(=O)CC(=O)Nc1ccccc1C(F)(F)F. The molecule has 112 valence electrons. The number of anilines is 1. The molecule has 20 heavy (non-hydrogen) atoms. The Hall–Kier alpha value is -2.05. The second-order valence-electron chi connectivity index (χ2n) is 3.44. The minimum absolute atomic E-state index is 0.362. The number of hydrogen-bond acceptors (Lipinski definition) is 2. The summed E-state index contributed by atoms with van der Waals surface area (Å²) in [6.45, 7) is 4.00. The maximum atomic E-state index is 12.6. The Kier molecular flexibility index (Phi) is 7.35. The lowest BCUT2D eigenvalue weighted by Gasteiger charge is -2.13. The van der Waals surface area contributed by atoms with Gasteiger partial charge in [0.2, 0.25) is 11.8 Å². The number of nitrogens with one attached hydrogen (secondary N) is 2. The second kappa shape index (κ2) is 8.19. The van der Waals surface area contributed by atoms with E-state index in [0.717, 1.165) is 12.1 Å². The highest BCUT2D eigenvalue weighted by atomic mass is 19.4. The predicted molar refractivity (Wildman–Crippen MR) is 70.1 cm³/mol. The zero-order valence-corrected chi connectivity index (χ0v) is 11.5. The molecule has 0 saturated carbocycles. The first-order valence-corrected chi connectivity index (χ1v) is 6.01. The average molecular weight is 290 g/mol. The minimum Gasteiger partial charge on any atom is -0.359 e.